The van der Waals surface area contributed by atoms with Gasteiger partial charge in [-0.1, -0.05) is 49.6 Å². The highest BCUT2D eigenvalue weighted by atomic mass is 127. The molecule has 0 heterocycles. The van der Waals surface area contributed by atoms with E-state index in [1.807, 2.05) is 62.4 Å². The Kier molecular flexibility index (Phi) is 8.75. The standard InChI is InChI=1S/C25H31IN2O3/c1-3-23(25(30)27-21-6-4-5-7-21)28(16-19-10-8-18(2)9-11-19)24(29)17-31-22-14-12-20(26)13-15-22/h8-15,21,23H,3-7,16-17H2,1-2H3,(H,27,30). The van der Waals surface area contributed by atoms with Crippen molar-refractivity contribution >= 4 is 34.4 Å². The Hall–Kier alpha value is -2.09. The summed E-state index contributed by atoms with van der Waals surface area (Å²) in [5.74, 6) is 0.393. The lowest BCUT2D eigenvalue weighted by molar-refractivity contribution is -0.143. The molecule has 0 bridgehead atoms. The van der Waals surface area contributed by atoms with E-state index in [1.54, 1.807) is 4.90 Å². The summed E-state index contributed by atoms with van der Waals surface area (Å²) in [6.45, 7) is 4.27. The van der Waals surface area contributed by atoms with Crippen LogP contribution in [0.25, 0.3) is 0 Å². The summed E-state index contributed by atoms with van der Waals surface area (Å²) in [5.41, 5.74) is 2.16. The van der Waals surface area contributed by atoms with Crippen LogP contribution in [0.3, 0.4) is 0 Å². The van der Waals surface area contributed by atoms with Crippen LogP contribution >= 0.6 is 22.6 Å². The molecule has 6 heteroatoms. The topological polar surface area (TPSA) is 58.6 Å². The molecule has 1 saturated carbocycles. The fourth-order valence-electron chi connectivity index (χ4n) is 3.94. The van der Waals surface area contributed by atoms with Crippen molar-refractivity contribution in [2.24, 2.45) is 0 Å². The maximum atomic E-state index is 13.2. The second kappa shape index (κ2) is 11.5. The van der Waals surface area contributed by atoms with E-state index < -0.39 is 6.04 Å². The van der Waals surface area contributed by atoms with Crippen LogP contribution < -0.4 is 10.1 Å². The van der Waals surface area contributed by atoms with Crippen LogP contribution in [0.2, 0.25) is 0 Å². The predicted octanol–water partition coefficient (Wildman–Crippen LogP) is 4.84. The maximum absolute atomic E-state index is 13.2. The molecule has 1 N–H and O–H groups in total. The van der Waals surface area contributed by atoms with Crippen LogP contribution in [0.5, 0.6) is 5.75 Å². The molecule has 2 amide bonds. The van der Waals surface area contributed by atoms with Crippen molar-refractivity contribution in [1.82, 2.24) is 10.2 Å². The van der Waals surface area contributed by atoms with Crippen LogP contribution in [-0.4, -0.2) is 35.4 Å². The summed E-state index contributed by atoms with van der Waals surface area (Å²) in [7, 11) is 0. The summed E-state index contributed by atoms with van der Waals surface area (Å²) >= 11 is 2.23. The van der Waals surface area contributed by atoms with Gasteiger partial charge in [-0.05, 0) is 78.6 Å². The lowest BCUT2D eigenvalue weighted by Crippen LogP contribution is -2.52. The Labute approximate surface area is 198 Å². The molecule has 166 valence electrons. The summed E-state index contributed by atoms with van der Waals surface area (Å²) in [5, 5.41) is 3.17. The number of carbonyl (C=O) groups is 2. The molecule has 1 atom stereocenters. The first-order valence-corrected chi connectivity index (χ1v) is 12.1. The number of rotatable bonds is 9. The SMILES string of the molecule is CCC(C(=O)NC1CCCC1)N(Cc1ccc(C)cc1)C(=O)COc1ccc(I)cc1. The number of ether oxygens (including phenoxy) is 1. The normalized spacial score (nSPS) is 14.8. The van der Waals surface area contributed by atoms with Crippen molar-refractivity contribution in [1.29, 1.82) is 0 Å². The predicted molar refractivity (Wildman–Crippen MR) is 131 cm³/mol. The highest BCUT2D eigenvalue weighted by Crippen LogP contribution is 2.20. The van der Waals surface area contributed by atoms with E-state index >= 15 is 0 Å². The minimum atomic E-state index is -0.519. The Bertz CT molecular complexity index is 861. The first-order valence-electron chi connectivity index (χ1n) is 11.0. The molecule has 2 aromatic carbocycles. The molecule has 1 aliphatic rings. The highest BCUT2D eigenvalue weighted by Gasteiger charge is 2.30. The third-order valence-electron chi connectivity index (χ3n) is 5.74. The van der Waals surface area contributed by atoms with Gasteiger partial charge in [0.2, 0.25) is 5.91 Å². The second-order valence-electron chi connectivity index (χ2n) is 8.16. The average Bonchev–Trinajstić information content (AvgIpc) is 3.27. The third-order valence-corrected chi connectivity index (χ3v) is 6.46. The number of benzene rings is 2. The van der Waals surface area contributed by atoms with Crippen molar-refractivity contribution in [2.75, 3.05) is 6.61 Å². The van der Waals surface area contributed by atoms with Crippen LogP contribution in [0, 0.1) is 10.5 Å². The van der Waals surface area contributed by atoms with Gasteiger partial charge in [0.15, 0.2) is 6.61 Å². The molecule has 31 heavy (non-hydrogen) atoms. The van der Waals surface area contributed by atoms with Crippen molar-refractivity contribution in [3.05, 3.63) is 63.2 Å². The molecule has 2 aromatic rings. The van der Waals surface area contributed by atoms with Gasteiger partial charge in [-0.25, -0.2) is 0 Å². The van der Waals surface area contributed by atoms with Gasteiger partial charge < -0.3 is 15.0 Å². The molecular weight excluding hydrogens is 503 g/mol. The first-order chi connectivity index (χ1) is 15.0. The van der Waals surface area contributed by atoms with E-state index in [2.05, 4.69) is 27.9 Å². The Morgan fingerprint density at radius 1 is 1.10 bits per heavy atom. The second-order valence-corrected chi connectivity index (χ2v) is 9.41. The van der Waals surface area contributed by atoms with Gasteiger partial charge in [0.25, 0.3) is 5.91 Å². The zero-order chi connectivity index (χ0) is 22.2. The summed E-state index contributed by atoms with van der Waals surface area (Å²) in [6, 6.07) is 15.4. The van der Waals surface area contributed by atoms with Gasteiger partial charge >= 0.3 is 0 Å². The largest absolute Gasteiger partial charge is 0.484 e. The Morgan fingerprint density at radius 2 is 1.74 bits per heavy atom. The van der Waals surface area contributed by atoms with E-state index in [0.717, 1.165) is 40.4 Å². The molecule has 3 rings (SSSR count). The molecular formula is C25H31IN2O3. The quantitative estimate of drug-likeness (QED) is 0.469. The summed E-state index contributed by atoms with van der Waals surface area (Å²) in [4.78, 5) is 28.0. The van der Waals surface area contributed by atoms with Crippen LogP contribution in [0.1, 0.15) is 50.2 Å². The zero-order valence-electron chi connectivity index (χ0n) is 18.3. The van der Waals surface area contributed by atoms with Gasteiger partial charge in [-0.2, -0.15) is 0 Å². The smallest absolute Gasteiger partial charge is 0.261 e. The number of halogens is 1. The van der Waals surface area contributed by atoms with E-state index in [1.165, 1.54) is 0 Å². The number of nitrogens with one attached hydrogen (secondary N) is 1. The molecule has 1 fully saturated rings. The van der Waals surface area contributed by atoms with Crippen molar-refractivity contribution in [3.63, 3.8) is 0 Å². The molecule has 0 aromatic heterocycles. The fraction of sp³-hybridized carbons (Fsp3) is 0.440. The summed E-state index contributed by atoms with van der Waals surface area (Å²) in [6.07, 6.45) is 4.89. The van der Waals surface area contributed by atoms with Gasteiger partial charge in [-0.15, -0.1) is 0 Å². The number of carbonyl (C=O) groups excluding carboxylic acids is 2. The molecule has 0 aliphatic heterocycles. The molecule has 0 radical (unpaired) electrons. The first kappa shape index (κ1) is 23.6. The minimum Gasteiger partial charge on any atom is -0.484 e. The van der Waals surface area contributed by atoms with E-state index in [-0.39, 0.29) is 24.5 Å². The van der Waals surface area contributed by atoms with Crippen LogP contribution in [-0.2, 0) is 16.1 Å². The molecule has 1 aliphatic carbocycles. The molecule has 0 spiro atoms. The van der Waals surface area contributed by atoms with Crippen molar-refractivity contribution in [2.45, 2.75) is 64.6 Å². The van der Waals surface area contributed by atoms with Crippen LogP contribution in [0.4, 0.5) is 0 Å². The van der Waals surface area contributed by atoms with Crippen molar-refractivity contribution < 1.29 is 14.3 Å². The number of nitrogens with zero attached hydrogens (tertiary/aromatic N) is 1. The lowest BCUT2D eigenvalue weighted by atomic mass is 10.1. The number of amides is 2. The molecule has 1 unspecified atom stereocenters. The van der Waals surface area contributed by atoms with E-state index in [4.69, 9.17) is 4.74 Å². The lowest BCUT2D eigenvalue weighted by Gasteiger charge is -2.31. The zero-order valence-corrected chi connectivity index (χ0v) is 20.4. The highest BCUT2D eigenvalue weighted by molar-refractivity contribution is 14.1. The number of hydrogen-bond acceptors (Lipinski definition) is 3. The monoisotopic (exact) mass is 534 g/mol. The van der Waals surface area contributed by atoms with E-state index in [0.29, 0.717) is 18.7 Å². The van der Waals surface area contributed by atoms with Crippen molar-refractivity contribution in [3.8, 4) is 5.75 Å². The van der Waals surface area contributed by atoms with Gasteiger partial charge in [-0.3, -0.25) is 9.59 Å². The minimum absolute atomic E-state index is 0.0656. The van der Waals surface area contributed by atoms with Crippen LogP contribution in [0.15, 0.2) is 48.5 Å². The summed E-state index contributed by atoms with van der Waals surface area (Å²) < 4.78 is 6.85. The molecule has 0 saturated heterocycles. The van der Waals surface area contributed by atoms with E-state index in [9.17, 15) is 9.59 Å². The Balaban J connectivity index is 1.74. The Morgan fingerprint density at radius 3 is 2.35 bits per heavy atom. The van der Waals surface area contributed by atoms with Gasteiger partial charge in [0.1, 0.15) is 11.8 Å². The molecule has 5 nitrogen and oxygen atoms in total. The fourth-order valence-corrected chi connectivity index (χ4v) is 4.30. The third kappa shape index (κ3) is 6.95. The maximum Gasteiger partial charge on any atom is 0.261 e. The average molecular weight is 534 g/mol. The van der Waals surface area contributed by atoms with Gasteiger partial charge in [0.05, 0.1) is 0 Å². The number of hydrogen-bond donors (Lipinski definition) is 1. The van der Waals surface area contributed by atoms with Gasteiger partial charge in [0, 0.05) is 16.2 Å². The number of aryl methyl sites for hydroxylation is 1.